The summed E-state index contributed by atoms with van der Waals surface area (Å²) in [4.78, 5) is 4.40. The first kappa shape index (κ1) is 13.0. The SMILES string of the molecule is CCC(C)c1cc(C#C[Si](C)(C)C)ccn1. The van der Waals surface area contributed by atoms with E-state index in [1.165, 1.54) is 0 Å². The van der Waals surface area contributed by atoms with Crippen molar-refractivity contribution in [2.75, 3.05) is 0 Å². The molecule has 0 bridgehead atoms. The van der Waals surface area contributed by atoms with Crippen LogP contribution in [0.15, 0.2) is 18.3 Å². The molecular formula is C14H21NSi. The van der Waals surface area contributed by atoms with Gasteiger partial charge in [0, 0.05) is 17.5 Å². The zero-order valence-electron chi connectivity index (χ0n) is 11.0. The van der Waals surface area contributed by atoms with Crippen LogP contribution in [0, 0.1) is 11.5 Å². The number of hydrogen-bond acceptors (Lipinski definition) is 1. The van der Waals surface area contributed by atoms with Gasteiger partial charge in [0.05, 0.1) is 0 Å². The molecule has 0 spiro atoms. The first-order valence-corrected chi connectivity index (χ1v) is 9.41. The molecule has 0 saturated carbocycles. The fraction of sp³-hybridized carbons (Fsp3) is 0.500. The summed E-state index contributed by atoms with van der Waals surface area (Å²) in [5, 5.41) is 0. The molecule has 16 heavy (non-hydrogen) atoms. The maximum atomic E-state index is 4.40. The van der Waals surface area contributed by atoms with Crippen LogP contribution in [0.4, 0.5) is 0 Å². The summed E-state index contributed by atoms with van der Waals surface area (Å²) in [6.07, 6.45) is 2.99. The van der Waals surface area contributed by atoms with Crippen molar-refractivity contribution in [2.24, 2.45) is 0 Å². The molecule has 86 valence electrons. The molecule has 1 unspecified atom stereocenters. The van der Waals surface area contributed by atoms with Crippen LogP contribution >= 0.6 is 0 Å². The predicted octanol–water partition coefficient (Wildman–Crippen LogP) is 3.82. The molecule has 0 amide bonds. The fourth-order valence-electron chi connectivity index (χ4n) is 1.26. The van der Waals surface area contributed by atoms with Crippen LogP contribution in [-0.4, -0.2) is 13.1 Å². The molecule has 0 saturated heterocycles. The Morgan fingerprint density at radius 3 is 2.62 bits per heavy atom. The summed E-state index contributed by atoms with van der Waals surface area (Å²) in [6, 6.07) is 4.13. The molecule has 0 aromatic carbocycles. The molecule has 0 aliphatic carbocycles. The van der Waals surface area contributed by atoms with Gasteiger partial charge in [0.2, 0.25) is 0 Å². The van der Waals surface area contributed by atoms with Crippen LogP contribution in [0.25, 0.3) is 0 Å². The summed E-state index contributed by atoms with van der Waals surface area (Å²) < 4.78 is 0. The Hall–Kier alpha value is -1.07. The molecule has 1 rings (SSSR count). The molecule has 0 aliphatic heterocycles. The van der Waals surface area contributed by atoms with Crippen molar-refractivity contribution in [1.82, 2.24) is 4.98 Å². The van der Waals surface area contributed by atoms with E-state index in [0.717, 1.165) is 17.7 Å². The number of pyridine rings is 1. The molecule has 0 fully saturated rings. The van der Waals surface area contributed by atoms with Gasteiger partial charge in [-0.05, 0) is 24.5 Å². The molecular weight excluding hydrogens is 210 g/mol. The lowest BCUT2D eigenvalue weighted by atomic mass is 10.0. The topological polar surface area (TPSA) is 12.9 Å². The first-order chi connectivity index (χ1) is 7.42. The van der Waals surface area contributed by atoms with Crippen molar-refractivity contribution in [2.45, 2.75) is 45.8 Å². The Kier molecular flexibility index (Phi) is 4.32. The average Bonchev–Trinajstić information content (AvgIpc) is 2.25. The number of hydrogen-bond donors (Lipinski definition) is 0. The Morgan fingerprint density at radius 2 is 2.06 bits per heavy atom. The number of aromatic nitrogens is 1. The molecule has 1 atom stereocenters. The molecule has 2 heteroatoms. The molecule has 1 nitrogen and oxygen atoms in total. The summed E-state index contributed by atoms with van der Waals surface area (Å²) >= 11 is 0. The average molecular weight is 231 g/mol. The third-order valence-electron chi connectivity index (χ3n) is 2.48. The van der Waals surface area contributed by atoms with Gasteiger partial charge in [0.25, 0.3) is 0 Å². The molecule has 1 aromatic heterocycles. The third kappa shape index (κ3) is 4.20. The van der Waals surface area contributed by atoms with Crippen molar-refractivity contribution in [3.05, 3.63) is 29.6 Å². The first-order valence-electron chi connectivity index (χ1n) is 5.91. The second-order valence-electron chi connectivity index (χ2n) is 5.28. The monoisotopic (exact) mass is 231 g/mol. The van der Waals surface area contributed by atoms with Crippen LogP contribution in [0.5, 0.6) is 0 Å². The molecule has 1 aromatic rings. The highest BCUT2D eigenvalue weighted by Crippen LogP contribution is 2.16. The van der Waals surface area contributed by atoms with Gasteiger partial charge >= 0.3 is 0 Å². The lowest BCUT2D eigenvalue weighted by Crippen LogP contribution is -2.16. The normalized spacial score (nSPS) is 12.8. The Balaban J connectivity index is 2.94. The van der Waals surface area contributed by atoms with Crippen molar-refractivity contribution >= 4 is 8.07 Å². The minimum Gasteiger partial charge on any atom is -0.261 e. The lowest BCUT2D eigenvalue weighted by molar-refractivity contribution is 0.708. The smallest absolute Gasteiger partial charge is 0.129 e. The second kappa shape index (κ2) is 5.31. The molecule has 0 aliphatic rings. The van der Waals surface area contributed by atoms with E-state index in [2.05, 4.69) is 56.0 Å². The van der Waals surface area contributed by atoms with Crippen LogP contribution < -0.4 is 0 Å². The van der Waals surface area contributed by atoms with Gasteiger partial charge in [-0.1, -0.05) is 39.4 Å². The van der Waals surface area contributed by atoms with Gasteiger partial charge in [-0.3, -0.25) is 4.98 Å². The van der Waals surface area contributed by atoms with Crippen LogP contribution in [0.1, 0.15) is 37.4 Å². The van der Waals surface area contributed by atoms with E-state index in [9.17, 15) is 0 Å². The van der Waals surface area contributed by atoms with Crippen molar-refractivity contribution < 1.29 is 0 Å². The number of rotatable bonds is 2. The zero-order valence-corrected chi connectivity index (χ0v) is 12.0. The van der Waals surface area contributed by atoms with E-state index in [1.54, 1.807) is 0 Å². The van der Waals surface area contributed by atoms with Gasteiger partial charge in [0.1, 0.15) is 8.07 Å². The van der Waals surface area contributed by atoms with E-state index in [-0.39, 0.29) is 0 Å². The van der Waals surface area contributed by atoms with E-state index in [0.29, 0.717) is 5.92 Å². The Morgan fingerprint density at radius 1 is 1.38 bits per heavy atom. The minimum absolute atomic E-state index is 0.522. The highest BCUT2D eigenvalue weighted by atomic mass is 28.3. The van der Waals surface area contributed by atoms with Crippen LogP contribution in [0.3, 0.4) is 0 Å². The van der Waals surface area contributed by atoms with Crippen LogP contribution in [-0.2, 0) is 0 Å². The van der Waals surface area contributed by atoms with Gasteiger partial charge in [-0.25, -0.2) is 0 Å². The van der Waals surface area contributed by atoms with Gasteiger partial charge in [-0.15, -0.1) is 5.54 Å². The van der Waals surface area contributed by atoms with Crippen molar-refractivity contribution in [3.8, 4) is 11.5 Å². The highest BCUT2D eigenvalue weighted by Gasteiger charge is 2.08. The highest BCUT2D eigenvalue weighted by molar-refractivity contribution is 6.83. The maximum Gasteiger partial charge on any atom is 0.129 e. The third-order valence-corrected chi connectivity index (χ3v) is 3.36. The van der Waals surface area contributed by atoms with Gasteiger partial charge in [-0.2, -0.15) is 0 Å². The van der Waals surface area contributed by atoms with E-state index < -0.39 is 8.07 Å². The summed E-state index contributed by atoms with van der Waals surface area (Å²) in [5.41, 5.74) is 5.65. The predicted molar refractivity (Wildman–Crippen MR) is 73.2 cm³/mol. The standard InChI is InChI=1S/C14H21NSi/c1-6-12(2)14-11-13(7-9-15-14)8-10-16(3,4)5/h7,9,11-12H,6H2,1-5H3. The minimum atomic E-state index is -1.27. The summed E-state index contributed by atoms with van der Waals surface area (Å²) in [7, 11) is -1.27. The molecule has 0 radical (unpaired) electrons. The lowest BCUT2D eigenvalue weighted by Gasteiger charge is -2.07. The largest absolute Gasteiger partial charge is 0.261 e. The quantitative estimate of drug-likeness (QED) is 0.557. The van der Waals surface area contributed by atoms with E-state index >= 15 is 0 Å². The Labute approximate surface area is 100 Å². The maximum absolute atomic E-state index is 4.40. The molecule has 1 heterocycles. The molecule has 0 N–H and O–H groups in total. The number of nitrogens with zero attached hydrogens (tertiary/aromatic N) is 1. The van der Waals surface area contributed by atoms with Gasteiger partial charge in [0.15, 0.2) is 0 Å². The Bertz CT molecular complexity index is 407. The van der Waals surface area contributed by atoms with E-state index in [4.69, 9.17) is 0 Å². The van der Waals surface area contributed by atoms with Crippen molar-refractivity contribution in [3.63, 3.8) is 0 Å². The summed E-state index contributed by atoms with van der Waals surface area (Å²) in [6.45, 7) is 11.2. The van der Waals surface area contributed by atoms with Crippen molar-refractivity contribution in [1.29, 1.82) is 0 Å². The van der Waals surface area contributed by atoms with Crippen LogP contribution in [0.2, 0.25) is 19.6 Å². The summed E-state index contributed by atoms with van der Waals surface area (Å²) in [5.74, 6) is 3.80. The zero-order chi connectivity index (χ0) is 12.2. The van der Waals surface area contributed by atoms with Gasteiger partial charge < -0.3 is 0 Å². The second-order valence-corrected chi connectivity index (χ2v) is 10.0. The van der Waals surface area contributed by atoms with E-state index in [1.807, 2.05) is 12.3 Å². The fourth-order valence-corrected chi connectivity index (χ4v) is 1.78.